The zero-order chi connectivity index (χ0) is 24.9. The van der Waals surface area contributed by atoms with E-state index in [0.29, 0.717) is 22.8 Å². The maximum absolute atomic E-state index is 12.7. The number of nitriles is 1. The molecule has 2 aromatic rings. The van der Waals surface area contributed by atoms with Crippen molar-refractivity contribution >= 4 is 5.97 Å². The standard InChI is InChI=1S/C32H43NO2/c1-3-5-6-7-8-9-10-11-12-26-15-22-31(30(23-26)24-33)35-32(34)29-20-18-28(19-21-29)27-16-13-25(4-2)14-17-27/h15,18-23,25,27H,3-14,16-17H2,1-2H3. The smallest absolute Gasteiger partial charge is 0.343 e. The number of hydrogen-bond acceptors (Lipinski definition) is 3. The summed E-state index contributed by atoms with van der Waals surface area (Å²) >= 11 is 0. The second-order valence-electron chi connectivity index (χ2n) is 10.3. The van der Waals surface area contributed by atoms with Crippen LogP contribution in [0.1, 0.15) is 130 Å². The van der Waals surface area contributed by atoms with Crippen molar-refractivity contribution in [1.82, 2.24) is 0 Å². The molecule has 0 spiro atoms. The summed E-state index contributed by atoms with van der Waals surface area (Å²) in [5.41, 5.74) is 3.41. The monoisotopic (exact) mass is 473 g/mol. The zero-order valence-electron chi connectivity index (χ0n) is 21.9. The summed E-state index contributed by atoms with van der Waals surface area (Å²) in [4.78, 5) is 12.7. The lowest BCUT2D eigenvalue weighted by molar-refractivity contribution is 0.0734. The van der Waals surface area contributed by atoms with Gasteiger partial charge in [-0.1, -0.05) is 83.4 Å². The predicted molar refractivity (Wildman–Crippen MR) is 144 cm³/mol. The Kier molecular flexibility index (Phi) is 11.4. The van der Waals surface area contributed by atoms with Gasteiger partial charge in [0, 0.05) is 0 Å². The minimum absolute atomic E-state index is 0.346. The molecule has 1 aliphatic carbocycles. The molecule has 0 saturated heterocycles. The van der Waals surface area contributed by atoms with Gasteiger partial charge < -0.3 is 4.74 Å². The van der Waals surface area contributed by atoms with Gasteiger partial charge in [-0.05, 0) is 85.8 Å². The summed E-state index contributed by atoms with van der Waals surface area (Å²) in [7, 11) is 0. The Morgan fingerprint density at radius 2 is 1.54 bits per heavy atom. The number of hydrogen-bond donors (Lipinski definition) is 0. The van der Waals surface area contributed by atoms with Gasteiger partial charge in [0.2, 0.25) is 0 Å². The highest BCUT2D eigenvalue weighted by molar-refractivity contribution is 5.91. The van der Waals surface area contributed by atoms with Crippen molar-refractivity contribution in [2.75, 3.05) is 0 Å². The van der Waals surface area contributed by atoms with E-state index in [1.54, 1.807) is 6.07 Å². The topological polar surface area (TPSA) is 50.1 Å². The fraction of sp³-hybridized carbons (Fsp3) is 0.562. The number of rotatable bonds is 13. The molecule has 0 heterocycles. The highest BCUT2D eigenvalue weighted by Crippen LogP contribution is 2.37. The molecule has 0 unspecified atom stereocenters. The first-order valence-corrected chi connectivity index (χ1v) is 14.0. The van der Waals surface area contributed by atoms with E-state index >= 15 is 0 Å². The average Bonchev–Trinajstić information content (AvgIpc) is 2.91. The minimum Gasteiger partial charge on any atom is -0.422 e. The number of unbranched alkanes of at least 4 members (excludes halogenated alkanes) is 7. The van der Waals surface area contributed by atoms with Gasteiger partial charge in [0.25, 0.3) is 0 Å². The van der Waals surface area contributed by atoms with Crippen LogP contribution in [-0.4, -0.2) is 5.97 Å². The number of carbonyl (C=O) groups excluding carboxylic acids is 1. The van der Waals surface area contributed by atoms with Crippen LogP contribution in [0.15, 0.2) is 42.5 Å². The molecule has 0 aromatic heterocycles. The molecule has 2 aromatic carbocycles. The van der Waals surface area contributed by atoms with Crippen molar-refractivity contribution in [2.45, 2.75) is 110 Å². The van der Waals surface area contributed by atoms with Crippen molar-refractivity contribution in [3.05, 3.63) is 64.7 Å². The minimum atomic E-state index is -0.404. The van der Waals surface area contributed by atoms with Crippen LogP contribution in [0.2, 0.25) is 0 Å². The number of esters is 1. The molecule has 3 nitrogen and oxygen atoms in total. The molecule has 35 heavy (non-hydrogen) atoms. The van der Waals surface area contributed by atoms with E-state index in [-0.39, 0.29) is 0 Å². The normalized spacial score (nSPS) is 17.6. The summed E-state index contributed by atoms with van der Waals surface area (Å²) in [6.45, 7) is 4.53. The number of aryl methyl sites for hydroxylation is 1. The predicted octanol–water partition coefficient (Wildman–Crippen LogP) is 9.14. The molecule has 0 aliphatic heterocycles. The summed E-state index contributed by atoms with van der Waals surface area (Å²) in [5, 5.41) is 9.61. The largest absolute Gasteiger partial charge is 0.422 e. The van der Waals surface area contributed by atoms with Crippen molar-refractivity contribution in [3.63, 3.8) is 0 Å². The average molecular weight is 474 g/mol. The first-order valence-electron chi connectivity index (χ1n) is 14.0. The highest BCUT2D eigenvalue weighted by atomic mass is 16.5. The zero-order valence-corrected chi connectivity index (χ0v) is 21.9. The molecule has 0 N–H and O–H groups in total. The van der Waals surface area contributed by atoms with Gasteiger partial charge in [-0.3, -0.25) is 0 Å². The molecule has 188 valence electrons. The quantitative estimate of drug-likeness (QED) is 0.165. The molecular formula is C32H43NO2. The molecule has 0 radical (unpaired) electrons. The lowest BCUT2D eigenvalue weighted by Gasteiger charge is -2.28. The van der Waals surface area contributed by atoms with E-state index in [0.717, 1.165) is 24.3 Å². The lowest BCUT2D eigenvalue weighted by atomic mass is 9.78. The van der Waals surface area contributed by atoms with Crippen LogP contribution < -0.4 is 4.74 Å². The SMILES string of the molecule is CCCCCCCCCCc1ccc(OC(=O)c2ccc(C3CCC(CC)CC3)cc2)c(C#N)c1. The van der Waals surface area contributed by atoms with Crippen LogP contribution in [0.5, 0.6) is 5.75 Å². The van der Waals surface area contributed by atoms with E-state index in [1.165, 1.54) is 82.6 Å². The molecule has 3 heteroatoms. The van der Waals surface area contributed by atoms with Gasteiger partial charge in [0.1, 0.15) is 11.8 Å². The Balaban J connectivity index is 1.48. The van der Waals surface area contributed by atoms with E-state index in [4.69, 9.17) is 4.74 Å². The first kappa shape index (κ1) is 27.0. The molecule has 1 fully saturated rings. The molecule has 3 rings (SSSR count). The Hall–Kier alpha value is -2.60. The third-order valence-electron chi connectivity index (χ3n) is 7.73. The molecule has 0 atom stereocenters. The van der Waals surface area contributed by atoms with E-state index < -0.39 is 5.97 Å². The van der Waals surface area contributed by atoms with Gasteiger partial charge >= 0.3 is 5.97 Å². The Morgan fingerprint density at radius 3 is 2.17 bits per heavy atom. The maximum atomic E-state index is 12.7. The first-order chi connectivity index (χ1) is 17.1. The van der Waals surface area contributed by atoms with E-state index in [1.807, 2.05) is 24.3 Å². The van der Waals surface area contributed by atoms with Crippen molar-refractivity contribution in [1.29, 1.82) is 5.26 Å². The van der Waals surface area contributed by atoms with Gasteiger partial charge in [-0.25, -0.2) is 4.79 Å². The Labute approximate surface area is 212 Å². The van der Waals surface area contributed by atoms with E-state index in [2.05, 4.69) is 32.0 Å². The fourth-order valence-electron chi connectivity index (χ4n) is 5.33. The van der Waals surface area contributed by atoms with Crippen LogP contribution in [0, 0.1) is 17.2 Å². The van der Waals surface area contributed by atoms with Crippen molar-refractivity contribution < 1.29 is 9.53 Å². The van der Waals surface area contributed by atoms with Crippen LogP contribution >= 0.6 is 0 Å². The summed E-state index contributed by atoms with van der Waals surface area (Å²) in [5.74, 6) is 1.42. The second kappa shape index (κ2) is 14.7. The summed E-state index contributed by atoms with van der Waals surface area (Å²) in [6, 6.07) is 15.7. The van der Waals surface area contributed by atoms with Crippen LogP contribution in [-0.2, 0) is 6.42 Å². The molecule has 0 bridgehead atoms. The van der Waals surface area contributed by atoms with Crippen molar-refractivity contribution in [3.8, 4) is 11.8 Å². The number of benzene rings is 2. The Bertz CT molecular complexity index is 949. The third-order valence-corrected chi connectivity index (χ3v) is 7.73. The van der Waals surface area contributed by atoms with Crippen LogP contribution in [0.4, 0.5) is 0 Å². The lowest BCUT2D eigenvalue weighted by Crippen LogP contribution is -2.13. The van der Waals surface area contributed by atoms with Gasteiger partial charge in [0.05, 0.1) is 11.1 Å². The summed E-state index contributed by atoms with van der Waals surface area (Å²) < 4.78 is 5.62. The second-order valence-corrected chi connectivity index (χ2v) is 10.3. The maximum Gasteiger partial charge on any atom is 0.343 e. The molecular weight excluding hydrogens is 430 g/mol. The number of ether oxygens (including phenoxy) is 1. The number of nitrogens with zero attached hydrogens (tertiary/aromatic N) is 1. The molecule has 0 amide bonds. The molecule has 1 aliphatic rings. The van der Waals surface area contributed by atoms with Crippen LogP contribution in [0.3, 0.4) is 0 Å². The van der Waals surface area contributed by atoms with Crippen molar-refractivity contribution in [2.24, 2.45) is 5.92 Å². The number of carbonyl (C=O) groups is 1. The van der Waals surface area contributed by atoms with Gasteiger partial charge in [-0.15, -0.1) is 0 Å². The van der Waals surface area contributed by atoms with Gasteiger partial charge in [-0.2, -0.15) is 5.26 Å². The third kappa shape index (κ3) is 8.53. The van der Waals surface area contributed by atoms with E-state index in [9.17, 15) is 10.1 Å². The molecule has 1 saturated carbocycles. The Morgan fingerprint density at radius 1 is 0.886 bits per heavy atom. The highest BCUT2D eigenvalue weighted by Gasteiger charge is 2.21. The fourth-order valence-corrected chi connectivity index (χ4v) is 5.33. The van der Waals surface area contributed by atoms with Crippen LogP contribution in [0.25, 0.3) is 0 Å². The summed E-state index contributed by atoms with van der Waals surface area (Å²) in [6.07, 6.45) is 17.6. The van der Waals surface area contributed by atoms with Gasteiger partial charge in [0.15, 0.2) is 0 Å².